The van der Waals surface area contributed by atoms with Crippen LogP contribution in [-0.4, -0.2) is 20.6 Å². The smallest absolute Gasteiger partial charge is 0.0329 e. The molecule has 1 unspecified atom stereocenters. The van der Waals surface area contributed by atoms with E-state index in [4.69, 9.17) is 0 Å². The molecular weight excluding hydrogens is 208 g/mol. The lowest BCUT2D eigenvalue weighted by Gasteiger charge is -2.17. The Bertz CT molecular complexity index is 479. The van der Waals surface area contributed by atoms with Crippen LogP contribution in [0, 0.1) is 0 Å². The molecule has 0 saturated heterocycles. The van der Waals surface area contributed by atoms with Crippen LogP contribution in [0.25, 0.3) is 10.8 Å². The van der Waals surface area contributed by atoms with Crippen LogP contribution in [-0.2, 0) is 0 Å². The molecular formula is C15H20N2. The summed E-state index contributed by atoms with van der Waals surface area (Å²) >= 11 is 0. The minimum Gasteiger partial charge on any atom is -0.320 e. The molecule has 2 rings (SSSR count). The predicted molar refractivity (Wildman–Crippen MR) is 74.3 cm³/mol. The molecule has 0 heterocycles. The minimum atomic E-state index is 0.423. The van der Waals surface area contributed by atoms with Crippen molar-refractivity contribution in [1.82, 2.24) is 10.6 Å². The lowest BCUT2D eigenvalue weighted by atomic mass is 10.00. The molecule has 0 aromatic heterocycles. The van der Waals surface area contributed by atoms with Crippen molar-refractivity contribution in [1.29, 1.82) is 0 Å². The molecule has 0 bridgehead atoms. The average Bonchev–Trinajstić information content (AvgIpc) is 2.39. The van der Waals surface area contributed by atoms with Gasteiger partial charge in [-0.1, -0.05) is 36.4 Å². The SMILES string of the molecule is CNCCC(NC)c1ccc2ccccc2c1. The minimum absolute atomic E-state index is 0.423. The number of hydrogen-bond donors (Lipinski definition) is 2. The average molecular weight is 228 g/mol. The fraction of sp³-hybridized carbons (Fsp3) is 0.333. The van der Waals surface area contributed by atoms with Crippen molar-refractivity contribution in [2.75, 3.05) is 20.6 Å². The highest BCUT2D eigenvalue weighted by atomic mass is 14.9. The van der Waals surface area contributed by atoms with Crippen LogP contribution >= 0.6 is 0 Å². The van der Waals surface area contributed by atoms with Crippen molar-refractivity contribution in [2.24, 2.45) is 0 Å². The summed E-state index contributed by atoms with van der Waals surface area (Å²) in [6.45, 7) is 1.03. The largest absolute Gasteiger partial charge is 0.320 e. The Morgan fingerprint density at radius 1 is 1.00 bits per heavy atom. The normalized spacial score (nSPS) is 12.8. The zero-order valence-electron chi connectivity index (χ0n) is 10.5. The zero-order valence-corrected chi connectivity index (χ0v) is 10.5. The third-order valence-corrected chi connectivity index (χ3v) is 3.21. The summed E-state index contributed by atoms with van der Waals surface area (Å²) in [7, 11) is 4.02. The van der Waals surface area contributed by atoms with Gasteiger partial charge in [0.15, 0.2) is 0 Å². The lowest BCUT2D eigenvalue weighted by Crippen LogP contribution is -2.21. The van der Waals surface area contributed by atoms with Gasteiger partial charge >= 0.3 is 0 Å². The molecule has 17 heavy (non-hydrogen) atoms. The highest BCUT2D eigenvalue weighted by Crippen LogP contribution is 2.21. The number of nitrogens with one attached hydrogen (secondary N) is 2. The van der Waals surface area contributed by atoms with Crippen molar-refractivity contribution in [2.45, 2.75) is 12.5 Å². The van der Waals surface area contributed by atoms with E-state index in [1.54, 1.807) is 0 Å². The molecule has 0 aliphatic heterocycles. The summed E-state index contributed by atoms with van der Waals surface area (Å²) in [5.74, 6) is 0. The molecule has 2 aromatic carbocycles. The Kier molecular flexibility index (Phi) is 4.13. The highest BCUT2D eigenvalue weighted by Gasteiger charge is 2.08. The van der Waals surface area contributed by atoms with E-state index in [1.165, 1.54) is 16.3 Å². The fourth-order valence-corrected chi connectivity index (χ4v) is 2.19. The molecule has 1 atom stereocenters. The standard InChI is InChI=1S/C15H20N2/c1-16-10-9-15(17-2)14-8-7-12-5-3-4-6-13(12)11-14/h3-8,11,15-17H,9-10H2,1-2H3. The van der Waals surface area contributed by atoms with Crippen LogP contribution in [0.3, 0.4) is 0 Å². The number of benzene rings is 2. The number of hydrogen-bond acceptors (Lipinski definition) is 2. The second-order valence-electron chi connectivity index (χ2n) is 4.34. The Labute approximate surface area is 103 Å². The molecule has 2 nitrogen and oxygen atoms in total. The first-order chi connectivity index (χ1) is 8.35. The van der Waals surface area contributed by atoms with Crippen LogP contribution < -0.4 is 10.6 Å². The van der Waals surface area contributed by atoms with Gasteiger partial charge in [0.05, 0.1) is 0 Å². The topological polar surface area (TPSA) is 24.1 Å². The van der Waals surface area contributed by atoms with Crippen LogP contribution in [0.15, 0.2) is 42.5 Å². The number of rotatable bonds is 5. The van der Waals surface area contributed by atoms with E-state index in [1.807, 2.05) is 14.1 Å². The van der Waals surface area contributed by atoms with E-state index >= 15 is 0 Å². The molecule has 0 fully saturated rings. The third-order valence-electron chi connectivity index (χ3n) is 3.21. The van der Waals surface area contributed by atoms with Gasteiger partial charge in [-0.05, 0) is 49.5 Å². The summed E-state index contributed by atoms with van der Waals surface area (Å²) in [6, 6.07) is 15.6. The third kappa shape index (κ3) is 2.84. The Morgan fingerprint density at radius 3 is 2.47 bits per heavy atom. The fourth-order valence-electron chi connectivity index (χ4n) is 2.19. The van der Waals surface area contributed by atoms with E-state index in [0.717, 1.165) is 13.0 Å². The molecule has 2 heteroatoms. The van der Waals surface area contributed by atoms with Crippen molar-refractivity contribution in [3.63, 3.8) is 0 Å². The van der Waals surface area contributed by atoms with Crippen molar-refractivity contribution < 1.29 is 0 Å². The van der Waals surface area contributed by atoms with Crippen molar-refractivity contribution in [3.8, 4) is 0 Å². The van der Waals surface area contributed by atoms with Crippen LogP contribution in [0.1, 0.15) is 18.0 Å². The van der Waals surface area contributed by atoms with E-state index in [2.05, 4.69) is 53.1 Å². The van der Waals surface area contributed by atoms with Gasteiger partial charge < -0.3 is 10.6 Å². The van der Waals surface area contributed by atoms with Gasteiger partial charge in [-0.2, -0.15) is 0 Å². The second kappa shape index (κ2) is 5.80. The summed E-state index contributed by atoms with van der Waals surface area (Å²) in [5.41, 5.74) is 1.36. The van der Waals surface area contributed by atoms with E-state index in [9.17, 15) is 0 Å². The van der Waals surface area contributed by atoms with Gasteiger partial charge in [0.25, 0.3) is 0 Å². The van der Waals surface area contributed by atoms with Crippen LogP contribution in [0.5, 0.6) is 0 Å². The van der Waals surface area contributed by atoms with Crippen molar-refractivity contribution in [3.05, 3.63) is 48.0 Å². The van der Waals surface area contributed by atoms with Crippen LogP contribution in [0.2, 0.25) is 0 Å². The summed E-state index contributed by atoms with van der Waals surface area (Å²) in [5, 5.41) is 9.20. The van der Waals surface area contributed by atoms with Gasteiger partial charge in [0.2, 0.25) is 0 Å². The van der Waals surface area contributed by atoms with Gasteiger partial charge in [-0.3, -0.25) is 0 Å². The molecule has 0 aliphatic carbocycles. The monoisotopic (exact) mass is 228 g/mol. The van der Waals surface area contributed by atoms with E-state index in [-0.39, 0.29) is 0 Å². The first-order valence-electron chi connectivity index (χ1n) is 6.15. The number of fused-ring (bicyclic) bond motifs is 1. The van der Waals surface area contributed by atoms with Crippen molar-refractivity contribution >= 4 is 10.8 Å². The summed E-state index contributed by atoms with van der Waals surface area (Å²) < 4.78 is 0. The van der Waals surface area contributed by atoms with Gasteiger partial charge in [-0.15, -0.1) is 0 Å². The Hall–Kier alpha value is -1.38. The highest BCUT2D eigenvalue weighted by molar-refractivity contribution is 5.83. The quantitative estimate of drug-likeness (QED) is 0.822. The molecule has 2 aromatic rings. The zero-order chi connectivity index (χ0) is 12.1. The second-order valence-corrected chi connectivity index (χ2v) is 4.34. The molecule has 90 valence electrons. The lowest BCUT2D eigenvalue weighted by molar-refractivity contribution is 0.534. The maximum absolute atomic E-state index is 3.38. The Morgan fingerprint density at radius 2 is 1.76 bits per heavy atom. The molecule has 0 saturated carbocycles. The predicted octanol–water partition coefficient (Wildman–Crippen LogP) is 2.71. The van der Waals surface area contributed by atoms with Crippen LogP contribution in [0.4, 0.5) is 0 Å². The van der Waals surface area contributed by atoms with E-state index < -0.39 is 0 Å². The van der Waals surface area contributed by atoms with Gasteiger partial charge in [0.1, 0.15) is 0 Å². The molecule has 0 amide bonds. The summed E-state index contributed by atoms with van der Waals surface area (Å²) in [6.07, 6.45) is 1.10. The first-order valence-corrected chi connectivity index (χ1v) is 6.15. The molecule has 0 spiro atoms. The maximum atomic E-state index is 3.38. The van der Waals surface area contributed by atoms with Gasteiger partial charge in [0, 0.05) is 6.04 Å². The molecule has 0 aliphatic rings. The van der Waals surface area contributed by atoms with Gasteiger partial charge in [-0.25, -0.2) is 0 Å². The summed E-state index contributed by atoms with van der Waals surface area (Å²) in [4.78, 5) is 0. The maximum Gasteiger partial charge on any atom is 0.0329 e. The molecule has 0 radical (unpaired) electrons. The molecule has 2 N–H and O–H groups in total. The first kappa shape index (κ1) is 12.1. The Balaban J connectivity index is 2.27. The van der Waals surface area contributed by atoms with E-state index in [0.29, 0.717) is 6.04 Å².